The van der Waals surface area contributed by atoms with Crippen LogP contribution in [0.3, 0.4) is 0 Å². The van der Waals surface area contributed by atoms with Crippen LogP contribution in [-0.4, -0.2) is 93.5 Å². The lowest BCUT2D eigenvalue weighted by molar-refractivity contribution is -0.385. The maximum absolute atomic E-state index is 13.4. The normalized spacial score (nSPS) is 19.0. The van der Waals surface area contributed by atoms with Gasteiger partial charge in [-0.15, -0.1) is 0 Å². The van der Waals surface area contributed by atoms with E-state index in [1.807, 2.05) is 23.6 Å². The van der Waals surface area contributed by atoms with Gasteiger partial charge in [-0.3, -0.25) is 19.8 Å². The Morgan fingerprint density at radius 1 is 1.16 bits per heavy atom. The van der Waals surface area contributed by atoms with Crippen LogP contribution >= 0.6 is 0 Å². The number of nitrogens with zero attached hydrogens (tertiary/aromatic N) is 4. The van der Waals surface area contributed by atoms with E-state index in [0.717, 1.165) is 12.5 Å². The molecule has 2 fully saturated rings. The topological polar surface area (TPSA) is 125 Å². The van der Waals surface area contributed by atoms with Crippen molar-refractivity contribution in [1.29, 1.82) is 0 Å². The van der Waals surface area contributed by atoms with E-state index in [-0.39, 0.29) is 42.2 Å². The molecule has 1 aromatic carbocycles. The molecule has 0 radical (unpaired) electrons. The van der Waals surface area contributed by atoms with Crippen LogP contribution in [0.2, 0.25) is 0 Å². The number of morpholine rings is 1. The molecule has 11 nitrogen and oxygen atoms in total. The molecule has 0 unspecified atom stereocenters. The Hall–Kier alpha value is -2.28. The lowest BCUT2D eigenvalue weighted by atomic mass is 10.2. The van der Waals surface area contributed by atoms with Gasteiger partial charge >= 0.3 is 0 Å². The second-order valence-corrected chi connectivity index (χ2v) is 10.2. The number of carbonyl (C=O) groups is 1. The highest BCUT2D eigenvalue weighted by atomic mass is 32.2. The highest BCUT2D eigenvalue weighted by molar-refractivity contribution is 7.89. The number of nitro groups is 1. The number of anilines is 1. The fourth-order valence-corrected chi connectivity index (χ4v) is 5.59. The molecule has 2 aliphatic heterocycles. The van der Waals surface area contributed by atoms with E-state index >= 15 is 0 Å². The number of nitro benzene ring substituents is 1. The number of rotatable bonds is 7. The maximum atomic E-state index is 13.4. The Morgan fingerprint density at radius 2 is 1.88 bits per heavy atom. The zero-order chi connectivity index (χ0) is 23.3. The van der Waals surface area contributed by atoms with Crippen LogP contribution < -0.4 is 10.2 Å². The summed E-state index contributed by atoms with van der Waals surface area (Å²) in [6, 6.07) is 4.08. The summed E-state index contributed by atoms with van der Waals surface area (Å²) in [7, 11) is -3.93. The van der Waals surface area contributed by atoms with Crippen molar-refractivity contribution < 1.29 is 22.9 Å². The number of carbonyl (C=O) groups excluding carboxylic acids is 1. The molecule has 2 heterocycles. The summed E-state index contributed by atoms with van der Waals surface area (Å²) in [6.07, 6.45) is 0.739. The van der Waals surface area contributed by atoms with Gasteiger partial charge in [-0.1, -0.05) is 0 Å². The third-order valence-electron chi connectivity index (χ3n) is 5.49. The van der Waals surface area contributed by atoms with Crippen molar-refractivity contribution in [3.63, 3.8) is 0 Å². The van der Waals surface area contributed by atoms with Gasteiger partial charge in [0.1, 0.15) is 4.90 Å². The predicted octanol–water partition coefficient (Wildman–Crippen LogP) is 0.652. The van der Waals surface area contributed by atoms with Crippen molar-refractivity contribution in [1.82, 2.24) is 14.5 Å². The van der Waals surface area contributed by atoms with E-state index in [1.165, 1.54) is 16.4 Å². The zero-order valence-electron chi connectivity index (χ0n) is 18.5. The number of hydrogen-bond acceptors (Lipinski definition) is 8. The van der Waals surface area contributed by atoms with E-state index in [1.54, 1.807) is 0 Å². The lowest BCUT2D eigenvalue weighted by Gasteiger charge is -2.30. The van der Waals surface area contributed by atoms with E-state index in [9.17, 15) is 23.3 Å². The first-order chi connectivity index (χ1) is 15.2. The Kier molecular flexibility index (Phi) is 8.04. The summed E-state index contributed by atoms with van der Waals surface area (Å²) < 4.78 is 33.3. The molecule has 3 rings (SSSR count). The van der Waals surface area contributed by atoms with Crippen LogP contribution in [-0.2, 0) is 19.6 Å². The molecule has 0 bridgehead atoms. The largest absolute Gasteiger partial charge is 0.379 e. The zero-order valence-corrected chi connectivity index (χ0v) is 19.3. The average molecular weight is 470 g/mol. The third kappa shape index (κ3) is 5.94. The number of amides is 1. The number of benzene rings is 1. The predicted molar refractivity (Wildman–Crippen MR) is 119 cm³/mol. The Bertz CT molecular complexity index is 932. The summed E-state index contributed by atoms with van der Waals surface area (Å²) in [4.78, 5) is 26.8. The van der Waals surface area contributed by atoms with Crippen molar-refractivity contribution >= 4 is 27.3 Å². The minimum atomic E-state index is -3.93. The van der Waals surface area contributed by atoms with Crippen molar-refractivity contribution in [2.75, 3.05) is 63.9 Å². The molecule has 2 aliphatic rings. The smallest absolute Gasteiger partial charge is 0.270 e. The van der Waals surface area contributed by atoms with Crippen molar-refractivity contribution in [3.05, 3.63) is 28.3 Å². The standard InChI is InChI=1S/C20H31N5O6S/c1-16(2)21-20(26)15-22-6-3-7-23(9-8-22)18-5-4-17(25(27)28)14-19(18)32(29,30)24-10-12-31-13-11-24/h4-5,14,16H,3,6-13,15H2,1-2H3,(H,21,26). The SMILES string of the molecule is CC(C)NC(=O)CN1CCCN(c2ccc([N+](=O)[O-])cc2S(=O)(=O)N2CCOCC2)CC1. The van der Waals surface area contributed by atoms with Crippen molar-refractivity contribution in [2.45, 2.75) is 31.2 Å². The van der Waals surface area contributed by atoms with Gasteiger partial charge in [0.05, 0.1) is 30.4 Å². The van der Waals surface area contributed by atoms with E-state index < -0.39 is 14.9 Å². The molecule has 0 spiro atoms. The molecule has 1 aromatic rings. The molecule has 12 heteroatoms. The third-order valence-corrected chi connectivity index (χ3v) is 7.42. The maximum Gasteiger partial charge on any atom is 0.270 e. The van der Waals surface area contributed by atoms with E-state index in [0.29, 0.717) is 45.1 Å². The van der Waals surface area contributed by atoms with Gasteiger partial charge in [-0.25, -0.2) is 8.42 Å². The second kappa shape index (κ2) is 10.6. The summed E-state index contributed by atoms with van der Waals surface area (Å²) >= 11 is 0. The fraction of sp³-hybridized carbons (Fsp3) is 0.650. The molecular weight excluding hydrogens is 438 g/mol. The molecule has 2 saturated heterocycles. The number of non-ortho nitro benzene ring substituents is 1. The molecule has 1 amide bonds. The van der Waals surface area contributed by atoms with Gasteiger partial charge in [0, 0.05) is 57.4 Å². The van der Waals surface area contributed by atoms with Crippen LogP contribution in [0.1, 0.15) is 20.3 Å². The molecule has 0 aromatic heterocycles. The minimum absolute atomic E-state index is 0.0422. The van der Waals surface area contributed by atoms with Gasteiger partial charge in [0.15, 0.2) is 0 Å². The Morgan fingerprint density at radius 3 is 2.53 bits per heavy atom. The first-order valence-corrected chi connectivity index (χ1v) is 12.3. The van der Waals surface area contributed by atoms with Gasteiger partial charge in [0.25, 0.3) is 5.69 Å². The first kappa shape index (κ1) is 24.4. The highest BCUT2D eigenvalue weighted by Crippen LogP contribution is 2.32. The highest BCUT2D eigenvalue weighted by Gasteiger charge is 2.32. The molecule has 0 saturated carbocycles. The summed E-state index contributed by atoms with van der Waals surface area (Å²) in [6.45, 7) is 7.50. The number of ether oxygens (including phenoxy) is 1. The quantitative estimate of drug-likeness (QED) is 0.456. The summed E-state index contributed by atoms with van der Waals surface area (Å²) in [5, 5.41) is 14.2. The van der Waals surface area contributed by atoms with Gasteiger partial charge in [0.2, 0.25) is 15.9 Å². The van der Waals surface area contributed by atoms with E-state index in [4.69, 9.17) is 4.74 Å². The van der Waals surface area contributed by atoms with Crippen LogP contribution in [0, 0.1) is 10.1 Å². The van der Waals surface area contributed by atoms with Crippen molar-refractivity contribution in [3.8, 4) is 0 Å². The minimum Gasteiger partial charge on any atom is -0.379 e. The molecular formula is C20H31N5O6S. The lowest BCUT2D eigenvalue weighted by Crippen LogP contribution is -2.42. The van der Waals surface area contributed by atoms with Crippen LogP contribution in [0.5, 0.6) is 0 Å². The number of nitrogens with one attached hydrogen (secondary N) is 1. The second-order valence-electron chi connectivity index (χ2n) is 8.26. The summed E-state index contributed by atoms with van der Waals surface area (Å²) in [5.41, 5.74) is 0.193. The van der Waals surface area contributed by atoms with E-state index in [2.05, 4.69) is 5.32 Å². The van der Waals surface area contributed by atoms with Crippen LogP contribution in [0.15, 0.2) is 23.1 Å². The first-order valence-electron chi connectivity index (χ1n) is 10.8. The van der Waals surface area contributed by atoms with Crippen LogP contribution in [0.4, 0.5) is 11.4 Å². The molecule has 0 aliphatic carbocycles. The molecule has 0 atom stereocenters. The number of hydrogen-bond donors (Lipinski definition) is 1. The number of sulfonamides is 1. The molecule has 32 heavy (non-hydrogen) atoms. The summed E-state index contributed by atoms with van der Waals surface area (Å²) in [5.74, 6) is -0.0422. The van der Waals surface area contributed by atoms with Crippen LogP contribution in [0.25, 0.3) is 0 Å². The Labute approximate surface area is 188 Å². The fourth-order valence-electron chi connectivity index (χ4n) is 3.95. The molecule has 1 N–H and O–H groups in total. The monoisotopic (exact) mass is 469 g/mol. The van der Waals surface area contributed by atoms with Gasteiger partial charge in [-0.2, -0.15) is 4.31 Å². The van der Waals surface area contributed by atoms with Gasteiger partial charge < -0.3 is 15.0 Å². The van der Waals surface area contributed by atoms with Gasteiger partial charge in [-0.05, 0) is 26.3 Å². The Balaban J connectivity index is 1.84. The molecule has 178 valence electrons. The van der Waals surface area contributed by atoms with Crippen molar-refractivity contribution in [2.24, 2.45) is 0 Å². The average Bonchev–Trinajstić information content (AvgIpc) is 2.98.